The number of hydrogen-bond donors (Lipinski definition) is 1. The lowest BCUT2D eigenvalue weighted by Gasteiger charge is -2.24. The van der Waals surface area contributed by atoms with E-state index in [0.29, 0.717) is 23.7 Å². The van der Waals surface area contributed by atoms with Crippen LogP contribution in [-0.2, 0) is 16.6 Å². The first-order chi connectivity index (χ1) is 8.96. The molecular formula is C13H17ClN2O2S. The maximum Gasteiger partial charge on any atom is 0.243 e. The molecule has 2 rings (SSSR count). The number of nitrogens with zero attached hydrogens (tertiary/aromatic N) is 1. The third-order valence-corrected chi connectivity index (χ3v) is 5.50. The Hall–Kier alpha value is -0.880. The van der Waals surface area contributed by atoms with Crippen LogP contribution in [0.15, 0.2) is 29.2 Å². The van der Waals surface area contributed by atoms with Gasteiger partial charge < -0.3 is 5.73 Å². The molecule has 0 saturated heterocycles. The van der Waals surface area contributed by atoms with Gasteiger partial charge in [-0.1, -0.05) is 23.8 Å². The summed E-state index contributed by atoms with van der Waals surface area (Å²) in [5.41, 5.74) is 7.08. The lowest BCUT2D eigenvalue weighted by Crippen LogP contribution is -2.34. The molecule has 6 heteroatoms. The van der Waals surface area contributed by atoms with Gasteiger partial charge in [-0.2, -0.15) is 4.31 Å². The highest BCUT2D eigenvalue weighted by Gasteiger charge is 2.27. The minimum atomic E-state index is -3.51. The van der Waals surface area contributed by atoms with Crippen molar-refractivity contribution in [3.63, 3.8) is 0 Å². The predicted molar refractivity (Wildman–Crippen MR) is 76.6 cm³/mol. The molecule has 0 fully saturated rings. The van der Waals surface area contributed by atoms with E-state index in [1.165, 1.54) is 10.4 Å². The van der Waals surface area contributed by atoms with Gasteiger partial charge in [-0.3, -0.25) is 0 Å². The maximum absolute atomic E-state index is 12.6. The van der Waals surface area contributed by atoms with E-state index >= 15 is 0 Å². The van der Waals surface area contributed by atoms with Crippen molar-refractivity contribution >= 4 is 21.6 Å². The summed E-state index contributed by atoms with van der Waals surface area (Å²) in [7, 11) is -3.51. The van der Waals surface area contributed by atoms with E-state index in [-0.39, 0.29) is 11.4 Å². The van der Waals surface area contributed by atoms with E-state index in [1.54, 1.807) is 13.0 Å². The first kappa shape index (κ1) is 14.5. The van der Waals surface area contributed by atoms with Gasteiger partial charge in [-0.05, 0) is 36.6 Å². The zero-order valence-corrected chi connectivity index (χ0v) is 12.3. The van der Waals surface area contributed by atoms with Gasteiger partial charge in [0.2, 0.25) is 10.0 Å². The van der Waals surface area contributed by atoms with Crippen molar-refractivity contribution in [2.75, 3.05) is 13.1 Å². The summed E-state index contributed by atoms with van der Waals surface area (Å²) in [6, 6.07) is 3.22. The molecule has 0 aromatic heterocycles. The van der Waals surface area contributed by atoms with Crippen molar-refractivity contribution < 1.29 is 8.42 Å². The van der Waals surface area contributed by atoms with E-state index in [2.05, 4.69) is 0 Å². The number of hydrogen-bond acceptors (Lipinski definition) is 3. The Morgan fingerprint density at radius 3 is 2.68 bits per heavy atom. The van der Waals surface area contributed by atoms with Crippen molar-refractivity contribution in [2.45, 2.75) is 24.8 Å². The topological polar surface area (TPSA) is 63.4 Å². The Morgan fingerprint density at radius 2 is 2.11 bits per heavy atom. The Labute approximate surface area is 118 Å². The van der Waals surface area contributed by atoms with Crippen molar-refractivity contribution in [3.8, 4) is 0 Å². The Balaban J connectivity index is 2.51. The van der Waals surface area contributed by atoms with Crippen LogP contribution in [0.1, 0.15) is 17.5 Å². The van der Waals surface area contributed by atoms with Crippen LogP contribution in [0.3, 0.4) is 0 Å². The third kappa shape index (κ3) is 2.84. The lowest BCUT2D eigenvalue weighted by molar-refractivity contribution is 0.437. The molecule has 0 bridgehead atoms. The average molecular weight is 301 g/mol. The molecule has 1 aliphatic rings. The maximum atomic E-state index is 12.6. The van der Waals surface area contributed by atoms with Gasteiger partial charge in [-0.25, -0.2) is 8.42 Å². The van der Waals surface area contributed by atoms with Crippen LogP contribution in [-0.4, -0.2) is 25.8 Å². The minimum absolute atomic E-state index is 0.260. The lowest BCUT2D eigenvalue weighted by atomic mass is 10.1. The highest BCUT2D eigenvalue weighted by atomic mass is 35.5. The first-order valence-electron chi connectivity index (χ1n) is 6.11. The van der Waals surface area contributed by atoms with Gasteiger partial charge in [-0.15, -0.1) is 0 Å². The highest BCUT2D eigenvalue weighted by Crippen LogP contribution is 2.27. The molecular weight excluding hydrogens is 284 g/mol. The highest BCUT2D eigenvalue weighted by molar-refractivity contribution is 7.89. The van der Waals surface area contributed by atoms with E-state index in [9.17, 15) is 8.42 Å². The quantitative estimate of drug-likeness (QED) is 0.869. The Kier molecular flexibility index (Phi) is 4.30. The zero-order valence-electron chi connectivity index (χ0n) is 10.8. The Bertz CT molecular complexity index is 611. The van der Waals surface area contributed by atoms with Crippen molar-refractivity contribution in [2.24, 2.45) is 5.73 Å². The molecule has 1 aromatic rings. The van der Waals surface area contributed by atoms with Crippen LogP contribution in [0.2, 0.25) is 5.02 Å². The first-order valence-corrected chi connectivity index (χ1v) is 7.93. The zero-order chi connectivity index (χ0) is 14.0. The molecule has 0 spiro atoms. The summed E-state index contributed by atoms with van der Waals surface area (Å²) >= 11 is 5.99. The molecule has 4 nitrogen and oxygen atoms in total. The fraction of sp³-hybridized carbons (Fsp3) is 0.385. The second kappa shape index (κ2) is 5.63. The monoisotopic (exact) mass is 300 g/mol. The number of rotatable bonds is 3. The van der Waals surface area contributed by atoms with Crippen LogP contribution in [0.4, 0.5) is 0 Å². The summed E-state index contributed by atoms with van der Waals surface area (Å²) in [4.78, 5) is 0.260. The summed E-state index contributed by atoms with van der Waals surface area (Å²) in [6.45, 7) is 2.95. The molecule has 0 saturated carbocycles. The molecule has 0 radical (unpaired) electrons. The smallest absolute Gasteiger partial charge is 0.243 e. The molecule has 19 heavy (non-hydrogen) atoms. The molecule has 0 unspecified atom stereocenters. The van der Waals surface area contributed by atoms with Crippen LogP contribution < -0.4 is 5.73 Å². The van der Waals surface area contributed by atoms with E-state index in [1.807, 2.05) is 12.2 Å². The summed E-state index contributed by atoms with van der Waals surface area (Å²) in [6.07, 6.45) is 4.59. The number of halogens is 1. The molecule has 1 heterocycles. The molecule has 1 aliphatic heterocycles. The Morgan fingerprint density at radius 1 is 1.37 bits per heavy atom. The standard InChI is InChI=1S/C13H17ClN2O2S/c1-10-11(9-15)7-12(14)8-13(10)19(17,18)16-5-3-2-4-6-16/h2-3,7-8H,4-6,9,15H2,1H3. The third-order valence-electron chi connectivity index (χ3n) is 3.29. The van der Waals surface area contributed by atoms with Crippen molar-refractivity contribution in [1.29, 1.82) is 0 Å². The van der Waals surface area contributed by atoms with Gasteiger partial charge in [0.15, 0.2) is 0 Å². The van der Waals surface area contributed by atoms with Gasteiger partial charge in [0.25, 0.3) is 0 Å². The van der Waals surface area contributed by atoms with E-state index < -0.39 is 10.0 Å². The minimum Gasteiger partial charge on any atom is -0.326 e. The van der Waals surface area contributed by atoms with Crippen LogP contribution >= 0.6 is 11.6 Å². The summed E-state index contributed by atoms with van der Waals surface area (Å²) < 4.78 is 26.7. The molecule has 104 valence electrons. The van der Waals surface area contributed by atoms with Gasteiger partial charge in [0, 0.05) is 24.7 Å². The van der Waals surface area contributed by atoms with Gasteiger partial charge >= 0.3 is 0 Å². The SMILES string of the molecule is Cc1c(CN)cc(Cl)cc1S(=O)(=O)N1CC=CCC1. The number of sulfonamides is 1. The molecule has 0 amide bonds. The number of nitrogens with two attached hydrogens (primary N) is 1. The average Bonchev–Trinajstić information content (AvgIpc) is 2.41. The fourth-order valence-corrected chi connectivity index (χ4v) is 4.17. The normalized spacial score (nSPS) is 16.8. The summed E-state index contributed by atoms with van der Waals surface area (Å²) in [5.74, 6) is 0. The molecule has 0 aliphatic carbocycles. The van der Waals surface area contributed by atoms with Gasteiger partial charge in [0.1, 0.15) is 0 Å². The largest absolute Gasteiger partial charge is 0.326 e. The van der Waals surface area contributed by atoms with Crippen LogP contribution in [0.25, 0.3) is 0 Å². The predicted octanol–water partition coefficient (Wildman–Crippen LogP) is 2.06. The van der Waals surface area contributed by atoms with E-state index in [4.69, 9.17) is 17.3 Å². The summed E-state index contributed by atoms with van der Waals surface area (Å²) in [5, 5.41) is 0.400. The van der Waals surface area contributed by atoms with E-state index in [0.717, 1.165) is 12.0 Å². The van der Waals surface area contributed by atoms with Crippen LogP contribution in [0.5, 0.6) is 0 Å². The fourth-order valence-electron chi connectivity index (χ4n) is 2.17. The van der Waals surface area contributed by atoms with Crippen molar-refractivity contribution in [1.82, 2.24) is 4.31 Å². The van der Waals surface area contributed by atoms with Crippen LogP contribution in [0, 0.1) is 6.92 Å². The second-order valence-corrected chi connectivity index (χ2v) is 6.86. The molecule has 0 atom stereocenters. The second-order valence-electron chi connectivity index (χ2n) is 4.52. The van der Waals surface area contributed by atoms with Gasteiger partial charge in [0.05, 0.1) is 4.90 Å². The van der Waals surface area contributed by atoms with Crippen molar-refractivity contribution in [3.05, 3.63) is 40.4 Å². The molecule has 2 N–H and O–H groups in total. The number of benzene rings is 1. The molecule has 1 aromatic carbocycles.